The number of carbonyl (C=O) groups excluding carboxylic acids is 1. The predicted octanol–water partition coefficient (Wildman–Crippen LogP) is 4.58. The Labute approximate surface area is 236 Å². The third-order valence-electron chi connectivity index (χ3n) is 7.12. The van der Waals surface area contributed by atoms with E-state index in [1.807, 2.05) is 39.8 Å². The molecule has 1 aliphatic heterocycles. The Morgan fingerprint density at radius 1 is 1.02 bits per heavy atom. The summed E-state index contributed by atoms with van der Waals surface area (Å²) in [5, 5.41) is 6.67. The average molecular weight is 548 g/mol. The minimum Gasteiger partial charge on any atom is -0.484 e. The van der Waals surface area contributed by atoms with Crippen LogP contribution in [0.2, 0.25) is 0 Å². The molecular formula is C31H41N5O4. The van der Waals surface area contributed by atoms with Gasteiger partial charge in [-0.3, -0.25) is 9.69 Å². The summed E-state index contributed by atoms with van der Waals surface area (Å²) >= 11 is 0. The number of rotatable bonds is 10. The quantitative estimate of drug-likeness (QED) is 0.311. The largest absolute Gasteiger partial charge is 0.484 e. The van der Waals surface area contributed by atoms with Crippen LogP contribution in [0, 0.1) is 13.8 Å². The molecule has 0 radical (unpaired) electrons. The van der Waals surface area contributed by atoms with Gasteiger partial charge in [-0.15, -0.1) is 0 Å². The number of aryl methyl sites for hydroxylation is 4. The van der Waals surface area contributed by atoms with Crippen LogP contribution in [0.25, 0.3) is 22.3 Å². The van der Waals surface area contributed by atoms with Gasteiger partial charge in [-0.25, -0.2) is 4.98 Å². The second-order valence-electron chi connectivity index (χ2n) is 9.65. The van der Waals surface area contributed by atoms with Crippen LogP contribution in [0.5, 0.6) is 5.75 Å². The molecule has 1 fully saturated rings. The van der Waals surface area contributed by atoms with E-state index in [0.29, 0.717) is 5.75 Å². The van der Waals surface area contributed by atoms with Crippen molar-refractivity contribution in [2.45, 2.75) is 47.1 Å². The Morgan fingerprint density at radius 3 is 2.45 bits per heavy atom. The maximum absolute atomic E-state index is 11.4. The standard InChI is InChI=1S/C29H35N5O4.C2H6/c1-20-29(21(2)38-32-20)25-10-11-27-26(31-25)18-23(34(27)13-12-33-14-16-36-17-15-33)7-4-22-5-8-24(9-6-22)37-19-28(35)30-3;1-2/h5-6,8-11,18H,4,7,12-17,19H2,1-3H3,(H,30,35);1-2H3. The minimum atomic E-state index is -0.148. The normalized spacial score (nSPS) is 13.6. The molecule has 1 aromatic carbocycles. The topological polar surface area (TPSA) is 94.7 Å². The summed E-state index contributed by atoms with van der Waals surface area (Å²) in [7, 11) is 1.60. The van der Waals surface area contributed by atoms with Crippen molar-refractivity contribution in [3.63, 3.8) is 0 Å². The Balaban J connectivity index is 0.00000181. The van der Waals surface area contributed by atoms with Gasteiger partial charge in [0.2, 0.25) is 0 Å². The highest BCUT2D eigenvalue weighted by Gasteiger charge is 2.17. The van der Waals surface area contributed by atoms with E-state index >= 15 is 0 Å². The van der Waals surface area contributed by atoms with Crippen molar-refractivity contribution in [1.82, 2.24) is 24.9 Å². The van der Waals surface area contributed by atoms with Gasteiger partial charge in [0, 0.05) is 38.9 Å². The Hall–Kier alpha value is -3.69. The van der Waals surface area contributed by atoms with Crippen LogP contribution in [-0.2, 0) is 28.9 Å². The van der Waals surface area contributed by atoms with E-state index in [-0.39, 0.29) is 12.5 Å². The lowest BCUT2D eigenvalue weighted by Gasteiger charge is -2.27. The number of nitrogens with one attached hydrogen (secondary N) is 1. The summed E-state index contributed by atoms with van der Waals surface area (Å²) in [6.07, 6.45) is 1.78. The fraction of sp³-hybridized carbons (Fsp3) is 0.452. The molecule has 0 spiro atoms. The molecule has 4 aromatic rings. The molecule has 1 N–H and O–H groups in total. The monoisotopic (exact) mass is 547 g/mol. The average Bonchev–Trinajstić information content (AvgIpc) is 3.53. The molecule has 0 unspecified atom stereocenters. The summed E-state index contributed by atoms with van der Waals surface area (Å²) in [5.41, 5.74) is 7.30. The Morgan fingerprint density at radius 2 is 1.77 bits per heavy atom. The number of hydrogen-bond donors (Lipinski definition) is 1. The molecule has 9 nitrogen and oxygen atoms in total. The van der Waals surface area contributed by atoms with Gasteiger partial charge in [0.1, 0.15) is 11.5 Å². The van der Waals surface area contributed by atoms with Gasteiger partial charge in [0.15, 0.2) is 6.61 Å². The first-order valence-corrected chi connectivity index (χ1v) is 14.2. The van der Waals surface area contributed by atoms with Crippen molar-refractivity contribution in [2.24, 2.45) is 0 Å². The molecule has 5 rings (SSSR count). The lowest BCUT2D eigenvalue weighted by molar-refractivity contribution is -0.122. The Kier molecular flexibility index (Phi) is 10.3. The van der Waals surface area contributed by atoms with Crippen LogP contribution >= 0.6 is 0 Å². The van der Waals surface area contributed by atoms with Crippen LogP contribution in [-0.4, -0.2) is 72.0 Å². The lowest BCUT2D eigenvalue weighted by Crippen LogP contribution is -2.38. The van der Waals surface area contributed by atoms with Gasteiger partial charge in [-0.05, 0) is 62.6 Å². The second kappa shape index (κ2) is 14.1. The van der Waals surface area contributed by atoms with Gasteiger partial charge in [0.25, 0.3) is 5.91 Å². The number of pyridine rings is 1. The van der Waals surface area contributed by atoms with Crippen molar-refractivity contribution in [1.29, 1.82) is 0 Å². The third kappa shape index (κ3) is 7.08. The number of morpholine rings is 1. The van der Waals surface area contributed by atoms with E-state index in [9.17, 15) is 4.79 Å². The smallest absolute Gasteiger partial charge is 0.257 e. The first-order valence-electron chi connectivity index (χ1n) is 14.2. The minimum absolute atomic E-state index is 0.0159. The van der Waals surface area contributed by atoms with Crippen LogP contribution < -0.4 is 10.1 Å². The van der Waals surface area contributed by atoms with E-state index < -0.39 is 0 Å². The van der Waals surface area contributed by atoms with Gasteiger partial charge >= 0.3 is 0 Å². The molecule has 4 heterocycles. The van der Waals surface area contributed by atoms with Crippen molar-refractivity contribution in [2.75, 3.05) is 46.5 Å². The zero-order chi connectivity index (χ0) is 28.5. The van der Waals surface area contributed by atoms with E-state index in [2.05, 4.69) is 50.3 Å². The number of hydrogen-bond acceptors (Lipinski definition) is 7. The number of likely N-dealkylation sites (N-methyl/N-ethyl adjacent to an activating group) is 1. The molecule has 0 aliphatic carbocycles. The molecule has 3 aromatic heterocycles. The van der Waals surface area contributed by atoms with Crippen molar-refractivity contribution >= 4 is 16.9 Å². The second-order valence-corrected chi connectivity index (χ2v) is 9.65. The van der Waals surface area contributed by atoms with Crippen LogP contribution in [0.1, 0.15) is 36.6 Å². The number of benzene rings is 1. The number of aromatic nitrogens is 3. The molecule has 1 aliphatic rings. The number of ether oxygens (including phenoxy) is 2. The molecule has 0 bridgehead atoms. The van der Waals surface area contributed by atoms with Crippen molar-refractivity contribution in [3.05, 3.63) is 65.2 Å². The van der Waals surface area contributed by atoms with Gasteiger partial charge in [0.05, 0.1) is 41.2 Å². The highest BCUT2D eigenvalue weighted by molar-refractivity contribution is 5.81. The van der Waals surface area contributed by atoms with E-state index in [1.165, 1.54) is 11.3 Å². The first kappa shape index (κ1) is 29.3. The van der Waals surface area contributed by atoms with Crippen molar-refractivity contribution in [3.8, 4) is 17.0 Å². The van der Waals surface area contributed by atoms with Gasteiger partial charge in [-0.1, -0.05) is 31.1 Å². The predicted molar refractivity (Wildman–Crippen MR) is 157 cm³/mol. The SMILES string of the molecule is CC.CNC(=O)COc1ccc(CCc2cc3nc(-c4c(C)noc4C)ccc3n2CCN2CCOCC2)cc1. The third-order valence-corrected chi connectivity index (χ3v) is 7.12. The van der Waals surface area contributed by atoms with Crippen LogP contribution in [0.15, 0.2) is 47.0 Å². The zero-order valence-electron chi connectivity index (χ0n) is 24.3. The number of fused-ring (bicyclic) bond motifs is 1. The number of carbonyl (C=O) groups is 1. The highest BCUT2D eigenvalue weighted by atomic mass is 16.5. The summed E-state index contributed by atoms with van der Waals surface area (Å²) in [4.78, 5) is 18.9. The molecule has 1 amide bonds. The van der Waals surface area contributed by atoms with Crippen LogP contribution in [0.3, 0.4) is 0 Å². The van der Waals surface area contributed by atoms with Gasteiger partial charge in [-0.2, -0.15) is 0 Å². The maximum Gasteiger partial charge on any atom is 0.257 e. The van der Waals surface area contributed by atoms with Crippen molar-refractivity contribution < 1.29 is 18.8 Å². The fourth-order valence-corrected chi connectivity index (χ4v) is 4.96. The van der Waals surface area contributed by atoms with E-state index in [4.69, 9.17) is 19.0 Å². The molecule has 0 atom stereocenters. The summed E-state index contributed by atoms with van der Waals surface area (Å²) < 4.78 is 18.9. The molecule has 0 saturated carbocycles. The fourth-order valence-electron chi connectivity index (χ4n) is 4.96. The highest BCUT2D eigenvalue weighted by Crippen LogP contribution is 2.29. The molecular weight excluding hydrogens is 506 g/mol. The number of amides is 1. The summed E-state index contributed by atoms with van der Waals surface area (Å²) in [6, 6.07) is 14.4. The maximum atomic E-state index is 11.4. The lowest BCUT2D eigenvalue weighted by atomic mass is 10.1. The molecule has 40 heavy (non-hydrogen) atoms. The number of nitrogens with zero attached hydrogens (tertiary/aromatic N) is 4. The van der Waals surface area contributed by atoms with Gasteiger partial charge < -0.3 is 23.9 Å². The van der Waals surface area contributed by atoms with Crippen LogP contribution in [0.4, 0.5) is 0 Å². The summed E-state index contributed by atoms with van der Waals surface area (Å²) in [6.45, 7) is 13.3. The molecule has 214 valence electrons. The Bertz CT molecular complexity index is 1370. The zero-order valence-corrected chi connectivity index (χ0v) is 24.3. The summed E-state index contributed by atoms with van der Waals surface area (Å²) in [5.74, 6) is 1.32. The van der Waals surface area contributed by atoms with E-state index in [1.54, 1.807) is 7.05 Å². The molecule has 1 saturated heterocycles. The van der Waals surface area contributed by atoms with E-state index in [0.717, 1.165) is 86.0 Å². The first-order chi connectivity index (χ1) is 19.5. The molecule has 9 heteroatoms.